The third-order valence-electron chi connectivity index (χ3n) is 8.94. The summed E-state index contributed by atoms with van der Waals surface area (Å²) in [7, 11) is 2.65. The number of pyridine rings is 1. The van der Waals surface area contributed by atoms with Gasteiger partial charge in [-0.2, -0.15) is 26.3 Å². The number of benzene rings is 1. The van der Waals surface area contributed by atoms with Gasteiger partial charge in [-0.1, -0.05) is 20.4 Å². The van der Waals surface area contributed by atoms with E-state index in [1.165, 1.54) is 31.3 Å². The van der Waals surface area contributed by atoms with Crippen LogP contribution in [0.1, 0.15) is 63.0 Å². The smallest absolute Gasteiger partial charge is 0.416 e. The fourth-order valence-electron chi connectivity index (χ4n) is 6.14. The maximum absolute atomic E-state index is 15.2. The molecule has 1 aromatic carbocycles. The zero-order chi connectivity index (χ0) is 37.3. The van der Waals surface area contributed by atoms with Crippen molar-refractivity contribution in [3.05, 3.63) is 88.4 Å². The topological polar surface area (TPSA) is 81.1 Å². The first kappa shape index (κ1) is 38.8. The number of hydrogen-bond donors (Lipinski definition) is 1. The number of methoxy groups -OCH3 is 2. The molecule has 0 saturated carbocycles. The maximum atomic E-state index is 15.2. The van der Waals surface area contributed by atoms with Gasteiger partial charge in [0.25, 0.3) is 0 Å². The van der Waals surface area contributed by atoms with Crippen molar-refractivity contribution < 1.29 is 54.8 Å². The summed E-state index contributed by atoms with van der Waals surface area (Å²) in [5, 5.41) is 11.0. The van der Waals surface area contributed by atoms with Gasteiger partial charge in [0.05, 0.1) is 31.1 Å². The van der Waals surface area contributed by atoms with Gasteiger partial charge >= 0.3 is 18.3 Å². The fraction of sp³-hybridized carbons (Fsp3) is 0.444. The number of aromatic nitrogens is 1. The summed E-state index contributed by atoms with van der Waals surface area (Å²) in [6, 6.07) is 6.37. The average Bonchev–Trinajstić information content (AvgIpc) is 3.31. The highest BCUT2D eigenvalue weighted by Crippen LogP contribution is 2.45. The molecule has 7 nitrogen and oxygen atoms in total. The van der Waals surface area contributed by atoms with E-state index < -0.39 is 53.8 Å². The molecule has 2 aromatic rings. The lowest BCUT2D eigenvalue weighted by molar-refractivity contribution is -0.143. The Morgan fingerprint density at radius 2 is 1.80 bits per heavy atom. The Balaban J connectivity index is 1.72. The van der Waals surface area contributed by atoms with E-state index in [1.54, 1.807) is 19.1 Å². The van der Waals surface area contributed by atoms with E-state index in [9.17, 15) is 36.2 Å². The van der Waals surface area contributed by atoms with Crippen molar-refractivity contribution in [2.24, 2.45) is 5.41 Å². The number of esters is 1. The quantitative estimate of drug-likeness (QED) is 0.159. The van der Waals surface area contributed by atoms with Crippen molar-refractivity contribution in [1.82, 2.24) is 9.88 Å². The molecule has 1 N–H and O–H groups in total. The summed E-state index contributed by atoms with van der Waals surface area (Å²) < 4.78 is 112. The third-order valence-corrected chi connectivity index (χ3v) is 8.94. The number of aliphatic hydroxyl groups is 1. The zero-order valence-electron chi connectivity index (χ0n) is 28.4. The van der Waals surface area contributed by atoms with Crippen molar-refractivity contribution in [3.63, 3.8) is 0 Å². The van der Waals surface area contributed by atoms with Crippen LogP contribution in [0.4, 0.5) is 30.7 Å². The van der Waals surface area contributed by atoms with E-state index in [4.69, 9.17) is 14.5 Å². The molecule has 50 heavy (non-hydrogen) atoms. The number of rotatable bonds is 9. The van der Waals surface area contributed by atoms with Gasteiger partial charge in [-0.05, 0) is 97.7 Å². The molecule has 1 aliphatic carbocycles. The summed E-state index contributed by atoms with van der Waals surface area (Å²) in [6.45, 7) is 10.0. The highest BCUT2D eigenvalue weighted by atomic mass is 19.4. The van der Waals surface area contributed by atoms with Crippen molar-refractivity contribution >= 4 is 11.5 Å². The lowest BCUT2D eigenvalue weighted by Crippen LogP contribution is -2.39. The van der Waals surface area contributed by atoms with E-state index in [1.807, 2.05) is 0 Å². The van der Waals surface area contributed by atoms with E-state index in [2.05, 4.69) is 25.2 Å². The monoisotopic (exact) mass is 712 g/mol. The summed E-state index contributed by atoms with van der Waals surface area (Å²) in [6.07, 6.45) is -10.5. The van der Waals surface area contributed by atoms with Crippen LogP contribution in [0.5, 0.6) is 5.75 Å². The molecule has 1 saturated heterocycles. The Kier molecular flexibility index (Phi) is 11.4. The Labute approximate surface area is 285 Å². The fourth-order valence-corrected chi connectivity index (χ4v) is 6.14. The number of ether oxygens (including phenoxy) is 3. The zero-order valence-corrected chi connectivity index (χ0v) is 28.4. The number of hydrogen-bond acceptors (Lipinski definition) is 7. The summed E-state index contributed by atoms with van der Waals surface area (Å²) in [4.78, 5) is 18.2. The van der Waals surface area contributed by atoms with Gasteiger partial charge in [0, 0.05) is 23.7 Å². The number of carbonyl (C=O) groups is 1. The lowest BCUT2D eigenvalue weighted by Gasteiger charge is -2.36. The Morgan fingerprint density at radius 3 is 2.38 bits per heavy atom. The van der Waals surface area contributed by atoms with Crippen LogP contribution in [-0.4, -0.2) is 72.6 Å². The van der Waals surface area contributed by atoms with Gasteiger partial charge in [0.2, 0.25) is 6.41 Å². The largest absolute Gasteiger partial charge is 0.494 e. The van der Waals surface area contributed by atoms with Gasteiger partial charge in [-0.3, -0.25) is 0 Å². The van der Waals surface area contributed by atoms with Crippen LogP contribution in [0.25, 0.3) is 16.8 Å². The van der Waals surface area contributed by atoms with Gasteiger partial charge < -0.3 is 19.3 Å². The Bertz CT molecular complexity index is 1730. The minimum absolute atomic E-state index is 0.00800. The number of allylic oxidation sites excluding steroid dienone is 4. The molecule has 1 aromatic heterocycles. The first-order chi connectivity index (χ1) is 23.2. The number of alkyl halides is 6. The number of aliphatic hydroxyl groups excluding tert-OH is 1. The third kappa shape index (κ3) is 8.64. The van der Waals surface area contributed by atoms with Crippen molar-refractivity contribution in [2.75, 3.05) is 20.8 Å². The van der Waals surface area contributed by atoms with E-state index in [-0.39, 0.29) is 40.4 Å². The highest BCUT2D eigenvalue weighted by Gasteiger charge is 2.43. The second kappa shape index (κ2) is 14.7. The molecule has 1 unspecified atom stereocenters. The van der Waals surface area contributed by atoms with Crippen LogP contribution in [0.15, 0.2) is 71.4 Å². The Hall–Kier alpha value is -4.01. The molecule has 14 heteroatoms. The molecule has 1 aliphatic heterocycles. The van der Waals surface area contributed by atoms with E-state index in [0.29, 0.717) is 37.3 Å². The molecule has 1 fully saturated rings. The molecule has 0 spiro atoms. The van der Waals surface area contributed by atoms with Gasteiger partial charge in [-0.15, -0.1) is 0 Å². The lowest BCUT2D eigenvalue weighted by atomic mass is 9.73. The molecule has 4 rings (SSSR count). The molecular weight excluding hydrogens is 673 g/mol. The number of halogens is 7. The van der Waals surface area contributed by atoms with Crippen LogP contribution in [0.2, 0.25) is 0 Å². The van der Waals surface area contributed by atoms with E-state index >= 15 is 4.39 Å². The molecule has 272 valence electrons. The predicted octanol–water partition coefficient (Wildman–Crippen LogP) is 8.57. The van der Waals surface area contributed by atoms with Crippen LogP contribution < -0.4 is 4.74 Å². The second-order valence-electron chi connectivity index (χ2n) is 13.2. The molecule has 0 bridgehead atoms. The van der Waals surface area contributed by atoms with Crippen LogP contribution in [0.3, 0.4) is 0 Å². The van der Waals surface area contributed by atoms with Crippen LogP contribution in [-0.2, 0) is 9.47 Å². The van der Waals surface area contributed by atoms with Crippen molar-refractivity contribution in [1.29, 1.82) is 0 Å². The minimum Gasteiger partial charge on any atom is -0.494 e. The minimum atomic E-state index is -5.12. The molecule has 0 amide bonds. The highest BCUT2D eigenvalue weighted by molar-refractivity contribution is 5.90. The summed E-state index contributed by atoms with van der Waals surface area (Å²) in [5.41, 5.74) is -1.02. The first-order valence-corrected chi connectivity index (χ1v) is 15.6. The molecule has 3 atom stereocenters. The number of nitrogens with zero attached hydrogens (tertiary/aromatic N) is 2. The van der Waals surface area contributed by atoms with Crippen LogP contribution >= 0.6 is 0 Å². The van der Waals surface area contributed by atoms with Gasteiger partial charge in [-0.25, -0.2) is 19.1 Å². The SMILES string of the molecule is C=C(/C=C(\C=C(/C)C(F)(F)F)C(F)(F)F)[C@H]1OC(O)N(CC2=C(c3nc(-c4ccc(C(=O)OC)cc4F)ccc3OC)CCC(C)(C)C2)[C@H]1C. The normalized spacial score (nSPS) is 22.2. The Morgan fingerprint density at radius 1 is 1.12 bits per heavy atom. The molecular formula is C36H39F7N2O5. The van der Waals surface area contributed by atoms with Crippen molar-refractivity contribution in [2.45, 2.75) is 77.9 Å². The molecule has 2 aliphatic rings. The van der Waals surface area contributed by atoms with Crippen LogP contribution in [0, 0.1) is 11.2 Å². The van der Waals surface area contributed by atoms with Gasteiger partial charge in [0.15, 0.2) is 0 Å². The summed E-state index contributed by atoms with van der Waals surface area (Å²) >= 11 is 0. The van der Waals surface area contributed by atoms with Crippen molar-refractivity contribution in [3.8, 4) is 17.0 Å². The first-order valence-electron chi connectivity index (χ1n) is 15.6. The maximum Gasteiger partial charge on any atom is 0.416 e. The standard InChI is InChI=1S/C36H39F7N2O5/c1-19(14-24(36(41,42)43)15-20(2)35(38,39)40)31-21(3)45(33(47)50-31)18-23-17-34(4,5)13-12-25(23)30-29(48-6)11-10-28(44-30)26-9-8-22(16-27(26)37)32(46)49-7/h8-11,14-16,21,31,33,47H,1,12-13,17-18H2,2-7H3/b20-15+,24-14+/t21-,31+,33?/m0/s1. The van der Waals surface area contributed by atoms with Gasteiger partial charge in [0.1, 0.15) is 23.4 Å². The predicted molar refractivity (Wildman–Crippen MR) is 172 cm³/mol. The molecule has 2 heterocycles. The molecule has 0 radical (unpaired) electrons. The van der Waals surface area contributed by atoms with E-state index in [0.717, 1.165) is 23.6 Å². The number of carbonyl (C=O) groups excluding carboxylic acids is 1. The average molecular weight is 713 g/mol. The summed E-state index contributed by atoms with van der Waals surface area (Å²) in [5.74, 6) is -0.992. The second-order valence-corrected chi connectivity index (χ2v) is 13.2.